The molecule has 19 heavy (non-hydrogen) atoms. The fourth-order valence-electron chi connectivity index (χ4n) is 2.18. The van der Waals surface area contributed by atoms with E-state index in [4.69, 9.17) is 14.6 Å². The van der Waals surface area contributed by atoms with Crippen molar-refractivity contribution < 1.29 is 24.2 Å². The first-order chi connectivity index (χ1) is 8.69. The van der Waals surface area contributed by atoms with Gasteiger partial charge < -0.3 is 19.5 Å². The minimum absolute atomic E-state index is 0.0866. The Kier molecular flexibility index (Phi) is 5.03. The molecule has 0 radical (unpaired) electrons. The van der Waals surface area contributed by atoms with Crippen molar-refractivity contribution >= 4 is 12.2 Å². The van der Waals surface area contributed by atoms with E-state index in [1.165, 1.54) is 0 Å². The van der Waals surface area contributed by atoms with Crippen LogP contribution in [0.25, 0.3) is 0 Å². The third-order valence-corrected chi connectivity index (χ3v) is 3.14. The molecule has 0 bridgehead atoms. The van der Waals surface area contributed by atoms with Crippen molar-refractivity contribution in [2.45, 2.75) is 64.2 Å². The van der Waals surface area contributed by atoms with Crippen molar-refractivity contribution in [2.24, 2.45) is 0 Å². The highest BCUT2D eigenvalue weighted by Crippen LogP contribution is 2.25. The van der Waals surface area contributed by atoms with Gasteiger partial charge in [0, 0.05) is 13.1 Å². The monoisotopic (exact) mass is 273 g/mol. The van der Waals surface area contributed by atoms with Crippen LogP contribution in [0.1, 0.15) is 46.5 Å². The first kappa shape index (κ1) is 15.6. The average Bonchev–Trinajstić information content (AvgIpc) is 2.26. The molecule has 1 aliphatic rings. The molecule has 0 atom stereocenters. The van der Waals surface area contributed by atoms with Gasteiger partial charge in [-0.25, -0.2) is 9.59 Å². The highest BCUT2D eigenvalue weighted by Gasteiger charge is 2.30. The molecule has 0 spiro atoms. The summed E-state index contributed by atoms with van der Waals surface area (Å²) in [4.78, 5) is 23.9. The quantitative estimate of drug-likeness (QED) is 0.783. The predicted molar refractivity (Wildman–Crippen MR) is 69.2 cm³/mol. The lowest BCUT2D eigenvalue weighted by Gasteiger charge is -2.34. The van der Waals surface area contributed by atoms with Crippen LogP contribution >= 0.6 is 0 Å². The van der Waals surface area contributed by atoms with Crippen molar-refractivity contribution in [3.05, 3.63) is 0 Å². The fraction of sp³-hybridized carbons (Fsp3) is 0.846. The van der Waals surface area contributed by atoms with E-state index in [0.29, 0.717) is 12.8 Å². The summed E-state index contributed by atoms with van der Waals surface area (Å²) in [5.74, 6) is 0. The van der Waals surface area contributed by atoms with Gasteiger partial charge in [0.2, 0.25) is 0 Å². The van der Waals surface area contributed by atoms with E-state index in [2.05, 4.69) is 0 Å². The van der Waals surface area contributed by atoms with E-state index in [1.807, 2.05) is 20.8 Å². The van der Waals surface area contributed by atoms with Crippen LogP contribution in [0.3, 0.4) is 0 Å². The maximum atomic E-state index is 11.9. The SMILES string of the molecule is CN(C(=O)OC(C)(C)C)[C@H]1CC[C@H](OC(=O)O)CC1. The molecule has 0 aromatic heterocycles. The Labute approximate surface area is 113 Å². The lowest BCUT2D eigenvalue weighted by atomic mass is 9.92. The normalized spacial score (nSPS) is 23.6. The van der Waals surface area contributed by atoms with Crippen molar-refractivity contribution in [3.8, 4) is 0 Å². The summed E-state index contributed by atoms with van der Waals surface area (Å²) >= 11 is 0. The van der Waals surface area contributed by atoms with E-state index in [-0.39, 0.29) is 18.2 Å². The third kappa shape index (κ3) is 5.36. The summed E-state index contributed by atoms with van der Waals surface area (Å²) in [6.07, 6.45) is 0.926. The molecule has 0 aromatic carbocycles. The van der Waals surface area contributed by atoms with Crippen LogP contribution in [0, 0.1) is 0 Å². The number of hydrogen-bond acceptors (Lipinski definition) is 4. The molecule has 0 unspecified atom stereocenters. The topological polar surface area (TPSA) is 76.1 Å². The van der Waals surface area contributed by atoms with Gasteiger partial charge in [-0.3, -0.25) is 0 Å². The second kappa shape index (κ2) is 6.12. The molecule has 1 N–H and O–H groups in total. The largest absolute Gasteiger partial charge is 0.506 e. The van der Waals surface area contributed by atoms with Crippen LogP contribution in [-0.2, 0) is 9.47 Å². The smallest absolute Gasteiger partial charge is 0.450 e. The zero-order valence-electron chi connectivity index (χ0n) is 12.0. The highest BCUT2D eigenvalue weighted by molar-refractivity contribution is 5.68. The van der Waals surface area contributed by atoms with Crippen molar-refractivity contribution in [1.29, 1.82) is 0 Å². The number of nitrogens with zero attached hydrogens (tertiary/aromatic N) is 1. The second-order valence-corrected chi connectivity index (χ2v) is 5.91. The standard InChI is InChI=1S/C13H23NO5/c1-13(2,3)19-11(15)14(4)9-5-7-10(8-6-9)18-12(16)17/h9-10H,5-8H2,1-4H3,(H,16,17)/t9-,10-. The summed E-state index contributed by atoms with van der Waals surface area (Å²) in [5.41, 5.74) is -0.505. The third-order valence-electron chi connectivity index (χ3n) is 3.14. The van der Waals surface area contributed by atoms with Crippen molar-refractivity contribution in [2.75, 3.05) is 7.05 Å². The number of carbonyl (C=O) groups excluding carboxylic acids is 1. The summed E-state index contributed by atoms with van der Waals surface area (Å²) in [5, 5.41) is 8.55. The number of amides is 1. The maximum Gasteiger partial charge on any atom is 0.506 e. The first-order valence-corrected chi connectivity index (χ1v) is 6.54. The predicted octanol–water partition coefficient (Wildman–Crippen LogP) is 2.86. The molecular formula is C13H23NO5. The van der Waals surface area contributed by atoms with Gasteiger partial charge in [0.25, 0.3) is 0 Å². The molecule has 1 rings (SSSR count). The van der Waals surface area contributed by atoms with Gasteiger partial charge in [-0.1, -0.05) is 0 Å². The molecule has 0 aromatic rings. The molecule has 1 aliphatic carbocycles. The van der Waals surface area contributed by atoms with Gasteiger partial charge >= 0.3 is 12.2 Å². The van der Waals surface area contributed by atoms with Gasteiger partial charge in [-0.2, -0.15) is 0 Å². The van der Waals surface area contributed by atoms with Gasteiger partial charge in [0.15, 0.2) is 0 Å². The van der Waals surface area contributed by atoms with Gasteiger partial charge in [0.1, 0.15) is 11.7 Å². The Morgan fingerprint density at radius 1 is 1.16 bits per heavy atom. The van der Waals surface area contributed by atoms with Crippen molar-refractivity contribution in [3.63, 3.8) is 0 Å². The zero-order chi connectivity index (χ0) is 14.6. The van der Waals surface area contributed by atoms with E-state index in [9.17, 15) is 9.59 Å². The molecule has 0 saturated heterocycles. The molecule has 0 aliphatic heterocycles. The van der Waals surface area contributed by atoms with Gasteiger partial charge in [0.05, 0.1) is 0 Å². The van der Waals surface area contributed by atoms with Crippen molar-refractivity contribution in [1.82, 2.24) is 4.90 Å². The van der Waals surface area contributed by atoms with E-state index in [1.54, 1.807) is 11.9 Å². The molecule has 1 amide bonds. The number of ether oxygens (including phenoxy) is 2. The van der Waals surface area contributed by atoms with Gasteiger partial charge in [-0.15, -0.1) is 0 Å². The minimum atomic E-state index is -1.23. The van der Waals surface area contributed by atoms with Crippen LogP contribution in [0.2, 0.25) is 0 Å². The number of hydrogen-bond donors (Lipinski definition) is 1. The molecule has 0 heterocycles. The lowest BCUT2D eigenvalue weighted by molar-refractivity contribution is 0.00201. The summed E-state index contributed by atoms with van der Waals surface area (Å²) in [6, 6.07) is 0.0866. The number of carboxylic acid groups (broad SMARTS) is 1. The minimum Gasteiger partial charge on any atom is -0.450 e. The van der Waals surface area contributed by atoms with Crippen LogP contribution in [0.5, 0.6) is 0 Å². The second-order valence-electron chi connectivity index (χ2n) is 5.91. The molecule has 1 saturated carbocycles. The van der Waals surface area contributed by atoms with E-state index >= 15 is 0 Å². The van der Waals surface area contributed by atoms with E-state index in [0.717, 1.165) is 12.8 Å². The van der Waals surface area contributed by atoms with E-state index < -0.39 is 11.8 Å². The van der Waals surface area contributed by atoms with Crippen LogP contribution in [-0.4, -0.2) is 47.0 Å². The van der Waals surface area contributed by atoms with Crippen LogP contribution in [0.15, 0.2) is 0 Å². The summed E-state index contributed by atoms with van der Waals surface area (Å²) < 4.78 is 10.0. The van der Waals surface area contributed by atoms with Gasteiger partial charge in [-0.05, 0) is 46.5 Å². The molecule has 6 nitrogen and oxygen atoms in total. The first-order valence-electron chi connectivity index (χ1n) is 6.54. The Morgan fingerprint density at radius 3 is 2.11 bits per heavy atom. The fourth-order valence-corrected chi connectivity index (χ4v) is 2.18. The Bertz CT molecular complexity index is 328. The van der Waals surface area contributed by atoms with Crippen LogP contribution < -0.4 is 0 Å². The molecular weight excluding hydrogens is 250 g/mol. The highest BCUT2D eigenvalue weighted by atomic mass is 16.7. The molecule has 6 heteroatoms. The average molecular weight is 273 g/mol. The Balaban J connectivity index is 2.42. The maximum absolute atomic E-state index is 11.9. The zero-order valence-corrected chi connectivity index (χ0v) is 12.0. The Morgan fingerprint density at radius 2 is 1.68 bits per heavy atom. The summed E-state index contributed by atoms with van der Waals surface area (Å²) in [6.45, 7) is 5.49. The number of carbonyl (C=O) groups is 2. The number of rotatable bonds is 2. The molecule has 110 valence electrons. The summed E-state index contributed by atoms with van der Waals surface area (Å²) in [7, 11) is 1.72. The Hall–Kier alpha value is -1.46. The molecule has 1 fully saturated rings. The lowest BCUT2D eigenvalue weighted by Crippen LogP contribution is -2.43. The van der Waals surface area contributed by atoms with Crippen LogP contribution in [0.4, 0.5) is 9.59 Å².